The molecule has 0 saturated heterocycles. The van der Waals surface area contributed by atoms with Crippen LogP contribution in [0.25, 0.3) is 23.0 Å². The van der Waals surface area contributed by atoms with Crippen LogP contribution in [0.3, 0.4) is 0 Å². The highest BCUT2D eigenvalue weighted by Crippen LogP contribution is 2.28. The number of para-hydroxylation sites is 1. The van der Waals surface area contributed by atoms with E-state index in [0.717, 1.165) is 36.3 Å². The zero-order chi connectivity index (χ0) is 20.5. The van der Waals surface area contributed by atoms with Crippen molar-refractivity contribution >= 4 is 11.6 Å². The number of nitrogens with zero attached hydrogens (tertiary/aromatic N) is 4. The lowest BCUT2D eigenvalue weighted by atomic mass is 10.0. The number of benzene rings is 2. The first-order valence-electron chi connectivity index (χ1n) is 10.1. The van der Waals surface area contributed by atoms with E-state index in [4.69, 9.17) is 4.52 Å². The van der Waals surface area contributed by atoms with Crippen molar-refractivity contribution in [2.75, 3.05) is 11.4 Å². The molecule has 2 aromatic heterocycles. The van der Waals surface area contributed by atoms with Crippen molar-refractivity contribution in [1.82, 2.24) is 14.7 Å². The number of anilines is 1. The summed E-state index contributed by atoms with van der Waals surface area (Å²) in [7, 11) is 0. The van der Waals surface area contributed by atoms with E-state index in [1.807, 2.05) is 77.2 Å². The second-order valence-electron chi connectivity index (χ2n) is 7.59. The summed E-state index contributed by atoms with van der Waals surface area (Å²) in [4.78, 5) is 19.5. The van der Waals surface area contributed by atoms with Crippen molar-refractivity contribution in [2.24, 2.45) is 0 Å². The molecule has 3 heterocycles. The highest BCUT2D eigenvalue weighted by atomic mass is 16.5. The minimum absolute atomic E-state index is 0.0536. The molecule has 1 amide bonds. The number of amides is 1. The topological polar surface area (TPSA) is 64.2 Å². The van der Waals surface area contributed by atoms with E-state index < -0.39 is 0 Å². The van der Waals surface area contributed by atoms with Crippen LogP contribution in [0.4, 0.5) is 5.69 Å². The van der Waals surface area contributed by atoms with Crippen molar-refractivity contribution < 1.29 is 9.32 Å². The molecule has 0 bridgehead atoms. The molecule has 0 spiro atoms. The largest absolute Gasteiger partial charge is 0.334 e. The van der Waals surface area contributed by atoms with Gasteiger partial charge >= 0.3 is 0 Å². The van der Waals surface area contributed by atoms with Gasteiger partial charge in [-0.2, -0.15) is 4.98 Å². The Kier molecular flexibility index (Phi) is 4.67. The Morgan fingerprint density at radius 1 is 1.07 bits per heavy atom. The van der Waals surface area contributed by atoms with Gasteiger partial charge < -0.3 is 14.0 Å². The molecule has 0 N–H and O–H groups in total. The number of fused-ring (bicyclic) bond motifs is 1. The molecule has 0 atom stereocenters. The summed E-state index contributed by atoms with van der Waals surface area (Å²) >= 11 is 0. The van der Waals surface area contributed by atoms with Crippen LogP contribution in [-0.2, 0) is 17.8 Å². The fraction of sp³-hybridized carbons (Fsp3) is 0.208. The molecule has 0 radical (unpaired) electrons. The molecular weight excluding hydrogens is 376 g/mol. The normalized spacial score (nSPS) is 13.3. The lowest BCUT2D eigenvalue weighted by molar-refractivity contribution is -0.119. The summed E-state index contributed by atoms with van der Waals surface area (Å²) in [6, 6.07) is 19.9. The number of aromatic nitrogens is 3. The highest BCUT2D eigenvalue weighted by Gasteiger charge is 2.23. The lowest BCUT2D eigenvalue weighted by Gasteiger charge is -2.29. The van der Waals surface area contributed by atoms with Gasteiger partial charge in [-0.25, -0.2) is 0 Å². The Morgan fingerprint density at radius 2 is 1.90 bits per heavy atom. The third kappa shape index (κ3) is 3.41. The van der Waals surface area contributed by atoms with Crippen molar-refractivity contribution in [3.63, 3.8) is 0 Å². The number of aryl methyl sites for hydroxylation is 2. The van der Waals surface area contributed by atoms with Crippen LogP contribution in [0.5, 0.6) is 0 Å². The van der Waals surface area contributed by atoms with E-state index in [0.29, 0.717) is 11.7 Å². The molecule has 6 heteroatoms. The summed E-state index contributed by atoms with van der Waals surface area (Å²) in [6.07, 6.45) is 3.86. The molecule has 30 heavy (non-hydrogen) atoms. The molecule has 150 valence electrons. The molecular formula is C24H22N4O2. The molecule has 0 fully saturated rings. The first kappa shape index (κ1) is 18.4. The van der Waals surface area contributed by atoms with Crippen molar-refractivity contribution in [3.05, 3.63) is 78.0 Å². The van der Waals surface area contributed by atoms with Crippen LogP contribution in [0, 0.1) is 6.92 Å². The second kappa shape index (κ2) is 7.63. The Hall–Kier alpha value is -3.67. The smallest absolute Gasteiger partial charge is 0.274 e. The number of rotatable bonds is 4. The fourth-order valence-corrected chi connectivity index (χ4v) is 3.92. The highest BCUT2D eigenvalue weighted by molar-refractivity contribution is 5.94. The standard InChI is InChI=1S/C24H22N4O2/c1-17-10-12-19(13-11-17)23-25-24(30-26-23)21-9-5-14-27(21)16-22(29)28-15-4-7-18-6-2-3-8-20(18)28/h2-3,5-6,8-14H,4,7,15-16H2,1H3. The van der Waals surface area contributed by atoms with Crippen LogP contribution < -0.4 is 4.90 Å². The number of carbonyl (C=O) groups is 1. The number of hydrogen-bond donors (Lipinski definition) is 0. The molecule has 0 aliphatic carbocycles. The monoisotopic (exact) mass is 398 g/mol. The summed E-state index contributed by atoms with van der Waals surface area (Å²) < 4.78 is 7.38. The maximum absolute atomic E-state index is 13.1. The Morgan fingerprint density at radius 3 is 2.77 bits per heavy atom. The van der Waals surface area contributed by atoms with Crippen LogP contribution >= 0.6 is 0 Å². The second-order valence-corrected chi connectivity index (χ2v) is 7.59. The molecule has 1 aliphatic heterocycles. The van der Waals surface area contributed by atoms with Crippen molar-refractivity contribution in [2.45, 2.75) is 26.3 Å². The Labute approximate surface area is 174 Å². The first-order chi connectivity index (χ1) is 14.7. The average Bonchev–Trinajstić information content (AvgIpc) is 3.43. The Bertz CT molecular complexity index is 1190. The summed E-state index contributed by atoms with van der Waals surface area (Å²) in [5.41, 5.74) is 5.05. The predicted molar refractivity (Wildman–Crippen MR) is 115 cm³/mol. The molecule has 4 aromatic rings. The quantitative estimate of drug-likeness (QED) is 0.508. The van der Waals surface area contributed by atoms with Gasteiger partial charge in [0.2, 0.25) is 11.7 Å². The number of hydrogen-bond acceptors (Lipinski definition) is 4. The van der Waals surface area contributed by atoms with Gasteiger partial charge in [0.25, 0.3) is 5.89 Å². The first-order valence-corrected chi connectivity index (χ1v) is 10.1. The number of carbonyl (C=O) groups excluding carboxylic acids is 1. The maximum Gasteiger partial charge on any atom is 0.274 e. The summed E-state index contributed by atoms with van der Waals surface area (Å²) in [5, 5.41) is 4.12. The van der Waals surface area contributed by atoms with Crippen molar-refractivity contribution in [3.8, 4) is 23.0 Å². The van der Waals surface area contributed by atoms with Crippen LogP contribution in [0.2, 0.25) is 0 Å². The Balaban J connectivity index is 1.38. The minimum Gasteiger partial charge on any atom is -0.334 e. The van der Waals surface area contributed by atoms with Gasteiger partial charge in [-0.3, -0.25) is 4.79 Å². The van der Waals surface area contributed by atoms with Gasteiger partial charge in [0.05, 0.1) is 0 Å². The summed E-state index contributed by atoms with van der Waals surface area (Å²) in [6.45, 7) is 3.00. The van der Waals surface area contributed by atoms with Crippen LogP contribution in [0.1, 0.15) is 17.5 Å². The van der Waals surface area contributed by atoms with Gasteiger partial charge in [0.1, 0.15) is 12.2 Å². The van der Waals surface area contributed by atoms with Crippen molar-refractivity contribution in [1.29, 1.82) is 0 Å². The third-order valence-electron chi connectivity index (χ3n) is 5.50. The minimum atomic E-state index is 0.0536. The van der Waals surface area contributed by atoms with E-state index in [2.05, 4.69) is 16.2 Å². The lowest BCUT2D eigenvalue weighted by Crippen LogP contribution is -2.37. The zero-order valence-corrected chi connectivity index (χ0v) is 16.8. The van der Waals surface area contributed by atoms with E-state index in [1.165, 1.54) is 11.1 Å². The maximum atomic E-state index is 13.1. The average molecular weight is 398 g/mol. The molecule has 2 aromatic carbocycles. The third-order valence-corrected chi connectivity index (χ3v) is 5.50. The molecule has 1 aliphatic rings. The van der Waals surface area contributed by atoms with Crippen LogP contribution in [0.15, 0.2) is 71.4 Å². The van der Waals surface area contributed by atoms with Crippen LogP contribution in [-0.4, -0.2) is 27.2 Å². The van der Waals surface area contributed by atoms with Gasteiger partial charge in [0, 0.05) is 24.0 Å². The van der Waals surface area contributed by atoms with E-state index in [-0.39, 0.29) is 12.5 Å². The molecule has 6 nitrogen and oxygen atoms in total. The molecule has 5 rings (SSSR count). The van der Waals surface area contributed by atoms with E-state index in [1.54, 1.807) is 0 Å². The van der Waals surface area contributed by atoms with E-state index >= 15 is 0 Å². The van der Waals surface area contributed by atoms with Gasteiger partial charge in [-0.1, -0.05) is 53.2 Å². The zero-order valence-electron chi connectivity index (χ0n) is 16.8. The summed E-state index contributed by atoms with van der Waals surface area (Å²) in [5.74, 6) is 0.995. The molecule has 0 saturated carbocycles. The van der Waals surface area contributed by atoms with Gasteiger partial charge in [-0.05, 0) is 43.5 Å². The molecule has 0 unspecified atom stereocenters. The van der Waals surface area contributed by atoms with Gasteiger partial charge in [0.15, 0.2) is 0 Å². The van der Waals surface area contributed by atoms with Gasteiger partial charge in [-0.15, -0.1) is 0 Å². The predicted octanol–water partition coefficient (Wildman–Crippen LogP) is 4.49. The SMILES string of the molecule is Cc1ccc(-c2noc(-c3cccn3CC(=O)N3CCCc4ccccc43)n2)cc1. The fourth-order valence-electron chi connectivity index (χ4n) is 3.92. The van der Waals surface area contributed by atoms with E-state index in [9.17, 15) is 4.79 Å².